The molecule has 1 aromatic rings. The van der Waals surface area contributed by atoms with Gasteiger partial charge in [0.25, 0.3) is 5.91 Å². The Bertz CT molecular complexity index is 430. The van der Waals surface area contributed by atoms with Gasteiger partial charge in [0.05, 0.1) is 5.56 Å². The smallest absolute Gasteiger partial charge is 0.253 e. The van der Waals surface area contributed by atoms with E-state index in [9.17, 15) is 4.79 Å². The molecule has 2 N–H and O–H groups in total. The first-order valence-corrected chi connectivity index (χ1v) is 7.19. The van der Waals surface area contributed by atoms with E-state index in [-0.39, 0.29) is 5.91 Å². The highest BCUT2D eigenvalue weighted by Gasteiger charge is 2.10. The molecule has 0 atom stereocenters. The summed E-state index contributed by atoms with van der Waals surface area (Å²) in [5.74, 6) is 0.511. The molecule has 0 aliphatic rings. The van der Waals surface area contributed by atoms with E-state index in [4.69, 9.17) is 4.74 Å². The fourth-order valence-corrected chi connectivity index (χ4v) is 1.85. The molecule has 0 spiro atoms. The van der Waals surface area contributed by atoms with Crippen molar-refractivity contribution in [1.29, 1.82) is 0 Å². The van der Waals surface area contributed by atoms with Gasteiger partial charge < -0.3 is 15.4 Å². The van der Waals surface area contributed by atoms with Gasteiger partial charge in [-0.05, 0) is 31.4 Å². The highest BCUT2D eigenvalue weighted by Crippen LogP contribution is 2.16. The van der Waals surface area contributed by atoms with E-state index in [2.05, 4.69) is 24.5 Å². The highest BCUT2D eigenvalue weighted by molar-refractivity contribution is 5.99. The Labute approximate surface area is 121 Å². The number of rotatable bonds is 8. The number of ether oxygens (including phenoxy) is 1. The first-order chi connectivity index (χ1) is 9.54. The Kier molecular flexibility index (Phi) is 7.09. The van der Waals surface area contributed by atoms with Crippen molar-refractivity contribution in [3.05, 3.63) is 29.3 Å². The zero-order valence-corrected chi connectivity index (χ0v) is 13.0. The summed E-state index contributed by atoms with van der Waals surface area (Å²) in [5, 5.41) is 5.97. The molecule has 0 fully saturated rings. The second-order valence-corrected chi connectivity index (χ2v) is 5.38. The molecule has 4 heteroatoms. The standard InChI is InChI=1S/C16H26N2O2/c1-12(2)11-20-9-5-8-18-16(19)14-10-13(3)6-7-15(14)17-4/h6-7,10,12,17H,5,8-9,11H2,1-4H3,(H,18,19). The van der Waals surface area contributed by atoms with Gasteiger partial charge in [0.2, 0.25) is 0 Å². The lowest BCUT2D eigenvalue weighted by Gasteiger charge is -2.11. The van der Waals surface area contributed by atoms with Gasteiger partial charge in [-0.2, -0.15) is 0 Å². The molecule has 0 radical (unpaired) electrons. The molecule has 1 aromatic carbocycles. The molecule has 0 bridgehead atoms. The lowest BCUT2D eigenvalue weighted by atomic mass is 10.1. The van der Waals surface area contributed by atoms with Crippen LogP contribution in [-0.2, 0) is 4.74 Å². The highest BCUT2D eigenvalue weighted by atomic mass is 16.5. The number of carbonyl (C=O) groups is 1. The first-order valence-electron chi connectivity index (χ1n) is 7.19. The van der Waals surface area contributed by atoms with Crippen LogP contribution in [-0.4, -0.2) is 32.7 Å². The van der Waals surface area contributed by atoms with Crippen LogP contribution in [0.15, 0.2) is 18.2 Å². The van der Waals surface area contributed by atoms with Gasteiger partial charge in [-0.1, -0.05) is 25.5 Å². The van der Waals surface area contributed by atoms with Crippen molar-refractivity contribution in [2.75, 3.05) is 32.1 Å². The van der Waals surface area contributed by atoms with Crippen LogP contribution >= 0.6 is 0 Å². The van der Waals surface area contributed by atoms with Gasteiger partial charge >= 0.3 is 0 Å². The Hall–Kier alpha value is -1.55. The Morgan fingerprint density at radius 3 is 2.75 bits per heavy atom. The van der Waals surface area contributed by atoms with E-state index < -0.39 is 0 Å². The molecule has 0 heterocycles. The minimum Gasteiger partial charge on any atom is -0.387 e. The van der Waals surface area contributed by atoms with Crippen molar-refractivity contribution in [1.82, 2.24) is 5.32 Å². The van der Waals surface area contributed by atoms with Gasteiger partial charge in [-0.3, -0.25) is 4.79 Å². The molecule has 112 valence electrons. The predicted octanol–water partition coefficient (Wildman–Crippen LogP) is 2.83. The van der Waals surface area contributed by atoms with Crippen LogP contribution in [0.4, 0.5) is 5.69 Å². The van der Waals surface area contributed by atoms with Crippen LogP contribution in [0.25, 0.3) is 0 Å². The molecular weight excluding hydrogens is 252 g/mol. The predicted molar refractivity (Wildman–Crippen MR) is 83.3 cm³/mol. The van der Waals surface area contributed by atoms with Crippen molar-refractivity contribution in [2.24, 2.45) is 5.92 Å². The molecule has 4 nitrogen and oxygen atoms in total. The topological polar surface area (TPSA) is 50.4 Å². The molecule has 20 heavy (non-hydrogen) atoms. The van der Waals surface area contributed by atoms with Crippen LogP contribution in [0.2, 0.25) is 0 Å². The molecular formula is C16H26N2O2. The molecule has 0 saturated carbocycles. The van der Waals surface area contributed by atoms with E-state index in [0.29, 0.717) is 24.6 Å². The number of benzene rings is 1. The maximum absolute atomic E-state index is 12.1. The monoisotopic (exact) mass is 278 g/mol. The molecule has 1 rings (SSSR count). The third-order valence-electron chi connectivity index (χ3n) is 2.89. The Morgan fingerprint density at radius 1 is 1.35 bits per heavy atom. The average molecular weight is 278 g/mol. The number of anilines is 1. The second-order valence-electron chi connectivity index (χ2n) is 5.38. The molecule has 0 unspecified atom stereocenters. The quantitative estimate of drug-likeness (QED) is 0.719. The third-order valence-corrected chi connectivity index (χ3v) is 2.89. The van der Waals surface area contributed by atoms with Crippen molar-refractivity contribution in [2.45, 2.75) is 27.2 Å². The second kappa shape index (κ2) is 8.59. The number of hydrogen-bond acceptors (Lipinski definition) is 3. The molecule has 0 aliphatic carbocycles. The normalized spacial score (nSPS) is 10.7. The summed E-state index contributed by atoms with van der Waals surface area (Å²) in [6.45, 7) is 8.32. The molecule has 0 aliphatic heterocycles. The van der Waals surface area contributed by atoms with Crippen LogP contribution in [0.1, 0.15) is 36.2 Å². The maximum atomic E-state index is 12.1. The summed E-state index contributed by atoms with van der Waals surface area (Å²) in [6.07, 6.45) is 0.833. The molecule has 1 amide bonds. The van der Waals surface area contributed by atoms with E-state index in [0.717, 1.165) is 24.3 Å². The van der Waals surface area contributed by atoms with E-state index in [1.165, 1.54) is 0 Å². The largest absolute Gasteiger partial charge is 0.387 e. The summed E-state index contributed by atoms with van der Waals surface area (Å²) in [4.78, 5) is 12.1. The van der Waals surface area contributed by atoms with Gasteiger partial charge in [0.1, 0.15) is 0 Å². The van der Waals surface area contributed by atoms with E-state index in [1.807, 2.05) is 32.2 Å². The third kappa shape index (κ3) is 5.61. The number of amides is 1. The van der Waals surface area contributed by atoms with Gasteiger partial charge in [-0.25, -0.2) is 0 Å². The first kappa shape index (κ1) is 16.5. The van der Waals surface area contributed by atoms with Crippen molar-refractivity contribution in [3.8, 4) is 0 Å². The lowest BCUT2D eigenvalue weighted by Crippen LogP contribution is -2.26. The minimum absolute atomic E-state index is 0.0399. The Morgan fingerprint density at radius 2 is 2.10 bits per heavy atom. The van der Waals surface area contributed by atoms with Crippen molar-refractivity contribution >= 4 is 11.6 Å². The van der Waals surface area contributed by atoms with Gasteiger partial charge in [0.15, 0.2) is 0 Å². The van der Waals surface area contributed by atoms with Crippen LogP contribution < -0.4 is 10.6 Å². The van der Waals surface area contributed by atoms with Crippen molar-refractivity contribution < 1.29 is 9.53 Å². The van der Waals surface area contributed by atoms with E-state index >= 15 is 0 Å². The summed E-state index contributed by atoms with van der Waals surface area (Å²) in [7, 11) is 1.82. The zero-order chi connectivity index (χ0) is 15.0. The fraction of sp³-hybridized carbons (Fsp3) is 0.562. The number of aryl methyl sites for hydroxylation is 1. The van der Waals surface area contributed by atoms with Crippen LogP contribution in [0, 0.1) is 12.8 Å². The SMILES string of the molecule is CNc1ccc(C)cc1C(=O)NCCCOCC(C)C. The zero-order valence-electron chi connectivity index (χ0n) is 13.0. The minimum atomic E-state index is -0.0399. The molecule has 0 aromatic heterocycles. The summed E-state index contributed by atoms with van der Waals surface area (Å²) < 4.78 is 5.48. The average Bonchev–Trinajstić information content (AvgIpc) is 2.42. The number of nitrogens with one attached hydrogen (secondary N) is 2. The van der Waals surface area contributed by atoms with Gasteiger partial charge in [0, 0.05) is 32.5 Å². The van der Waals surface area contributed by atoms with Gasteiger partial charge in [-0.15, -0.1) is 0 Å². The summed E-state index contributed by atoms with van der Waals surface area (Å²) in [5.41, 5.74) is 2.62. The van der Waals surface area contributed by atoms with E-state index in [1.54, 1.807) is 0 Å². The lowest BCUT2D eigenvalue weighted by molar-refractivity contribution is 0.0925. The maximum Gasteiger partial charge on any atom is 0.253 e. The summed E-state index contributed by atoms with van der Waals surface area (Å²) in [6, 6.07) is 5.81. The van der Waals surface area contributed by atoms with Crippen LogP contribution in [0.3, 0.4) is 0 Å². The van der Waals surface area contributed by atoms with Crippen LogP contribution in [0.5, 0.6) is 0 Å². The van der Waals surface area contributed by atoms with Crippen molar-refractivity contribution in [3.63, 3.8) is 0 Å². The summed E-state index contributed by atoms with van der Waals surface area (Å²) >= 11 is 0. The molecule has 0 saturated heterocycles. The number of hydrogen-bond donors (Lipinski definition) is 2. The Balaban J connectivity index is 2.37. The number of carbonyl (C=O) groups excluding carboxylic acids is 1. The fourth-order valence-electron chi connectivity index (χ4n) is 1.85.